The summed E-state index contributed by atoms with van der Waals surface area (Å²) in [5, 5.41) is 5.30. The summed E-state index contributed by atoms with van der Waals surface area (Å²) in [5.41, 5.74) is 0.811. The molecule has 0 radical (unpaired) electrons. The highest BCUT2D eigenvalue weighted by Crippen LogP contribution is 2.30. The van der Waals surface area contributed by atoms with Crippen LogP contribution < -0.4 is 5.32 Å². The van der Waals surface area contributed by atoms with Crippen LogP contribution in [0, 0.1) is 6.92 Å². The Morgan fingerprint density at radius 2 is 2.00 bits per heavy atom. The van der Waals surface area contributed by atoms with Gasteiger partial charge in [-0.05, 0) is 30.7 Å². The molecule has 6 heteroatoms. The lowest BCUT2D eigenvalue weighted by Gasteiger charge is -2.20. The zero-order valence-corrected chi connectivity index (χ0v) is 14.0. The summed E-state index contributed by atoms with van der Waals surface area (Å²) in [4.78, 5) is 1.34. The van der Waals surface area contributed by atoms with E-state index in [9.17, 15) is 8.42 Å². The Bertz CT molecular complexity index is 606. The molecule has 0 spiro atoms. The van der Waals surface area contributed by atoms with Crippen LogP contribution in [-0.2, 0) is 16.6 Å². The minimum atomic E-state index is -3.51. The van der Waals surface area contributed by atoms with Crippen LogP contribution in [0.3, 0.4) is 0 Å². The highest BCUT2D eigenvalue weighted by Gasteiger charge is 2.29. The predicted octanol–water partition coefficient (Wildman–Crippen LogP) is 2.67. The fourth-order valence-electron chi connectivity index (χ4n) is 2.17. The second-order valence-corrected chi connectivity index (χ2v) is 8.06. The molecule has 0 saturated heterocycles. The standard InChI is InChI=1S/C15H22N2O2S2/c1-4-8-17(9-5-2)21(18,19)15-12(3)11-20-14(15)10-16-13-6-7-13/h4-5,11,13,16H,1-2,6-10H2,3H3. The van der Waals surface area contributed by atoms with Crippen LogP contribution in [-0.4, -0.2) is 31.9 Å². The maximum atomic E-state index is 12.9. The summed E-state index contributed by atoms with van der Waals surface area (Å²) in [6.45, 7) is 10.3. The molecule has 1 aromatic heterocycles. The number of hydrogen-bond acceptors (Lipinski definition) is 4. The minimum absolute atomic E-state index is 0.291. The van der Waals surface area contributed by atoms with E-state index in [4.69, 9.17) is 0 Å². The van der Waals surface area contributed by atoms with E-state index >= 15 is 0 Å². The van der Waals surface area contributed by atoms with Gasteiger partial charge in [0.2, 0.25) is 10.0 Å². The number of hydrogen-bond donors (Lipinski definition) is 1. The topological polar surface area (TPSA) is 49.4 Å². The number of aryl methyl sites for hydroxylation is 1. The molecule has 1 fully saturated rings. The molecule has 0 atom stereocenters. The maximum Gasteiger partial charge on any atom is 0.245 e. The van der Waals surface area contributed by atoms with E-state index in [-0.39, 0.29) is 0 Å². The van der Waals surface area contributed by atoms with Crippen molar-refractivity contribution < 1.29 is 8.42 Å². The van der Waals surface area contributed by atoms with Crippen molar-refractivity contribution in [3.8, 4) is 0 Å². The number of nitrogens with one attached hydrogen (secondary N) is 1. The first kappa shape index (κ1) is 16.4. The van der Waals surface area contributed by atoms with Crippen molar-refractivity contribution in [3.63, 3.8) is 0 Å². The molecule has 0 bridgehead atoms. The Hall–Kier alpha value is -0.950. The third kappa shape index (κ3) is 3.83. The van der Waals surface area contributed by atoms with Crippen molar-refractivity contribution in [3.05, 3.63) is 41.1 Å². The fourth-order valence-corrected chi connectivity index (χ4v) is 5.26. The van der Waals surface area contributed by atoms with Gasteiger partial charge in [-0.3, -0.25) is 0 Å². The molecular weight excluding hydrogens is 304 g/mol. The average Bonchev–Trinajstić information content (AvgIpc) is 3.18. The Labute approximate surface area is 131 Å². The Morgan fingerprint density at radius 1 is 1.38 bits per heavy atom. The molecule has 4 nitrogen and oxygen atoms in total. The molecule has 0 aromatic carbocycles. The van der Waals surface area contributed by atoms with Crippen LogP contribution >= 0.6 is 11.3 Å². The monoisotopic (exact) mass is 326 g/mol. The summed E-state index contributed by atoms with van der Waals surface area (Å²) in [5.74, 6) is 0. The van der Waals surface area contributed by atoms with Crippen molar-refractivity contribution in [2.75, 3.05) is 13.1 Å². The van der Waals surface area contributed by atoms with Crippen molar-refractivity contribution in [2.24, 2.45) is 0 Å². The zero-order chi connectivity index (χ0) is 15.5. The van der Waals surface area contributed by atoms with E-state index in [2.05, 4.69) is 18.5 Å². The minimum Gasteiger partial charge on any atom is -0.309 e. The lowest BCUT2D eigenvalue weighted by Crippen LogP contribution is -2.32. The number of thiophene rings is 1. The third-order valence-corrected chi connectivity index (χ3v) is 6.68. The molecule has 1 heterocycles. The summed E-state index contributed by atoms with van der Waals surface area (Å²) in [7, 11) is -3.51. The largest absolute Gasteiger partial charge is 0.309 e. The first-order valence-corrected chi connectivity index (χ1v) is 9.35. The Kier molecular flexibility index (Phi) is 5.37. The molecule has 1 aromatic rings. The van der Waals surface area contributed by atoms with Gasteiger partial charge in [-0.1, -0.05) is 12.2 Å². The van der Waals surface area contributed by atoms with Gasteiger partial charge in [0.1, 0.15) is 4.90 Å². The molecule has 0 amide bonds. The third-order valence-electron chi connectivity index (χ3n) is 3.38. The molecule has 1 aliphatic rings. The molecule has 1 aliphatic carbocycles. The highest BCUT2D eigenvalue weighted by atomic mass is 32.2. The SMILES string of the molecule is C=CCN(CC=C)S(=O)(=O)c1c(C)csc1CNC1CC1. The van der Waals surface area contributed by atoms with E-state index in [1.54, 1.807) is 12.2 Å². The molecule has 0 unspecified atom stereocenters. The number of nitrogens with zero attached hydrogens (tertiary/aromatic N) is 1. The Morgan fingerprint density at radius 3 is 2.52 bits per heavy atom. The summed E-state index contributed by atoms with van der Waals surface area (Å²) in [6.07, 6.45) is 5.58. The van der Waals surface area contributed by atoms with Gasteiger partial charge in [-0.2, -0.15) is 4.31 Å². The lowest BCUT2D eigenvalue weighted by molar-refractivity contribution is 0.473. The number of sulfonamides is 1. The van der Waals surface area contributed by atoms with Gasteiger partial charge in [-0.15, -0.1) is 24.5 Å². The van der Waals surface area contributed by atoms with Gasteiger partial charge in [0.25, 0.3) is 0 Å². The maximum absolute atomic E-state index is 12.9. The first-order chi connectivity index (χ1) is 10.0. The normalized spacial score (nSPS) is 15.3. The molecule has 1 N–H and O–H groups in total. The van der Waals surface area contributed by atoms with Crippen molar-refractivity contribution in [1.29, 1.82) is 0 Å². The quantitative estimate of drug-likeness (QED) is 0.710. The number of rotatable bonds is 9. The van der Waals surface area contributed by atoms with E-state index in [0.717, 1.165) is 10.4 Å². The molecule has 0 aliphatic heterocycles. The van der Waals surface area contributed by atoms with Gasteiger partial charge in [0.05, 0.1) is 0 Å². The highest BCUT2D eigenvalue weighted by molar-refractivity contribution is 7.89. The van der Waals surface area contributed by atoms with Crippen molar-refractivity contribution >= 4 is 21.4 Å². The van der Waals surface area contributed by atoms with E-state index in [1.807, 2.05) is 12.3 Å². The Balaban J connectivity index is 2.29. The predicted molar refractivity (Wildman–Crippen MR) is 88.1 cm³/mol. The first-order valence-electron chi connectivity index (χ1n) is 7.03. The van der Waals surface area contributed by atoms with Gasteiger partial charge in [0, 0.05) is 30.6 Å². The van der Waals surface area contributed by atoms with Crippen LogP contribution in [0.2, 0.25) is 0 Å². The van der Waals surface area contributed by atoms with Gasteiger partial charge >= 0.3 is 0 Å². The smallest absolute Gasteiger partial charge is 0.245 e. The van der Waals surface area contributed by atoms with Crippen LogP contribution in [0.25, 0.3) is 0 Å². The lowest BCUT2D eigenvalue weighted by atomic mass is 10.3. The van der Waals surface area contributed by atoms with Gasteiger partial charge in [0.15, 0.2) is 0 Å². The zero-order valence-electron chi connectivity index (χ0n) is 12.3. The molecular formula is C15H22N2O2S2. The average molecular weight is 326 g/mol. The van der Waals surface area contributed by atoms with Crippen LogP contribution in [0.5, 0.6) is 0 Å². The van der Waals surface area contributed by atoms with Crippen molar-refractivity contribution in [2.45, 2.75) is 37.2 Å². The van der Waals surface area contributed by atoms with Crippen molar-refractivity contribution in [1.82, 2.24) is 9.62 Å². The second-order valence-electron chi connectivity index (χ2n) is 5.23. The fraction of sp³-hybridized carbons (Fsp3) is 0.467. The van der Waals surface area contributed by atoms with Crippen LogP contribution in [0.1, 0.15) is 23.3 Å². The van der Waals surface area contributed by atoms with Gasteiger partial charge < -0.3 is 5.32 Å². The van der Waals surface area contributed by atoms with Crippen LogP contribution in [0.15, 0.2) is 35.6 Å². The van der Waals surface area contributed by atoms with E-state index in [1.165, 1.54) is 28.5 Å². The van der Waals surface area contributed by atoms with Crippen LogP contribution in [0.4, 0.5) is 0 Å². The summed E-state index contributed by atoms with van der Waals surface area (Å²) in [6, 6.07) is 0.556. The second kappa shape index (κ2) is 6.87. The summed E-state index contributed by atoms with van der Waals surface area (Å²) < 4.78 is 27.2. The van der Waals surface area contributed by atoms with Gasteiger partial charge in [-0.25, -0.2) is 8.42 Å². The van der Waals surface area contributed by atoms with E-state index in [0.29, 0.717) is 30.6 Å². The molecule has 2 rings (SSSR count). The molecule has 21 heavy (non-hydrogen) atoms. The summed E-state index contributed by atoms with van der Waals surface area (Å²) >= 11 is 1.51. The molecule has 1 saturated carbocycles. The molecule has 116 valence electrons. The van der Waals surface area contributed by atoms with E-state index < -0.39 is 10.0 Å².